The summed E-state index contributed by atoms with van der Waals surface area (Å²) in [6.45, 7) is 5.46. The van der Waals surface area contributed by atoms with Crippen LogP contribution in [0.25, 0.3) is 5.70 Å². The maximum atomic E-state index is 14.8. The van der Waals surface area contributed by atoms with Crippen LogP contribution < -0.4 is 21.3 Å². The van der Waals surface area contributed by atoms with Crippen LogP contribution in [0.1, 0.15) is 90.9 Å². The normalized spacial score (nSPS) is 20.0. The van der Waals surface area contributed by atoms with Gasteiger partial charge in [0.15, 0.2) is 11.6 Å². The van der Waals surface area contributed by atoms with Crippen LogP contribution in [0.15, 0.2) is 115 Å². The van der Waals surface area contributed by atoms with Gasteiger partial charge in [-0.05, 0) is 61.4 Å². The van der Waals surface area contributed by atoms with Gasteiger partial charge in [0.05, 0.1) is 6.54 Å². The molecule has 0 saturated carbocycles. The Hall–Kier alpha value is -7.09. The van der Waals surface area contributed by atoms with E-state index < -0.39 is 17.7 Å². The third-order valence-electron chi connectivity index (χ3n) is 12.3. The molecular weight excluding hydrogens is 811 g/mol. The van der Waals surface area contributed by atoms with Crippen LogP contribution in [-0.2, 0) is 53.0 Å². The number of carbonyl (C=O) groups is 6. The first-order chi connectivity index (χ1) is 31.1. The van der Waals surface area contributed by atoms with Crippen LogP contribution in [0.3, 0.4) is 0 Å². The van der Waals surface area contributed by atoms with E-state index in [4.69, 9.17) is 9.73 Å². The molecule has 330 valence electrons. The molecule has 4 aromatic rings. The second-order valence-corrected chi connectivity index (χ2v) is 16.8. The fourth-order valence-corrected chi connectivity index (χ4v) is 9.05. The van der Waals surface area contributed by atoms with Gasteiger partial charge in [-0.25, -0.2) is 4.99 Å². The summed E-state index contributed by atoms with van der Waals surface area (Å²) >= 11 is 0. The zero-order valence-corrected chi connectivity index (χ0v) is 35.8. The Labute approximate surface area is 372 Å². The van der Waals surface area contributed by atoms with Crippen molar-refractivity contribution in [1.29, 1.82) is 0 Å². The van der Waals surface area contributed by atoms with Crippen LogP contribution >= 0.6 is 0 Å². The quantitative estimate of drug-likeness (QED) is 0.0813. The van der Waals surface area contributed by atoms with Crippen molar-refractivity contribution >= 4 is 52.7 Å². The minimum absolute atomic E-state index is 0.0993. The van der Waals surface area contributed by atoms with Crippen molar-refractivity contribution in [1.82, 2.24) is 25.8 Å². The molecule has 1 fully saturated rings. The first-order valence-corrected chi connectivity index (χ1v) is 22.1. The molecule has 0 aliphatic carbocycles. The van der Waals surface area contributed by atoms with E-state index >= 15 is 0 Å². The first kappa shape index (κ1) is 43.6. The second kappa shape index (κ2) is 19.5. The molecule has 4 aliphatic rings. The zero-order valence-electron chi connectivity index (χ0n) is 35.8. The van der Waals surface area contributed by atoms with Gasteiger partial charge in [-0.15, -0.1) is 0 Å². The van der Waals surface area contributed by atoms with E-state index in [1.54, 1.807) is 4.90 Å². The Morgan fingerprint density at radius 1 is 0.781 bits per heavy atom. The van der Waals surface area contributed by atoms with Crippen molar-refractivity contribution in [3.05, 3.63) is 143 Å². The van der Waals surface area contributed by atoms with E-state index in [1.807, 2.05) is 108 Å². The SMILES string of the molecule is C=C1c2cccc(NC(=O)CCCCNC(=O)CCCCNC(=O)CN3Cc4ccccc4[C@@H]4OC(c5ccccc5)=N[C@]4(Cc4ccccc4)C3=O)c2CN1C1CCC(=O)NC1=O. The summed E-state index contributed by atoms with van der Waals surface area (Å²) in [7, 11) is 0. The lowest BCUT2D eigenvalue weighted by molar-refractivity contribution is -0.143. The average molecular weight is 864 g/mol. The summed E-state index contributed by atoms with van der Waals surface area (Å²) in [6, 6.07) is 32.2. The highest BCUT2D eigenvalue weighted by Crippen LogP contribution is 2.46. The largest absolute Gasteiger partial charge is 0.466 e. The number of rotatable bonds is 17. The van der Waals surface area contributed by atoms with E-state index in [0.29, 0.717) is 81.9 Å². The molecule has 8 rings (SSSR count). The Bertz CT molecular complexity index is 2470. The highest BCUT2D eigenvalue weighted by molar-refractivity contribution is 6.03. The Balaban J connectivity index is 0.769. The maximum Gasteiger partial charge on any atom is 0.256 e. The molecule has 4 aromatic carbocycles. The number of ether oxygens (including phenoxy) is 1. The van der Waals surface area contributed by atoms with Crippen LogP contribution in [0.4, 0.5) is 5.69 Å². The lowest BCUT2D eigenvalue weighted by Gasteiger charge is -2.32. The minimum Gasteiger partial charge on any atom is -0.466 e. The summed E-state index contributed by atoms with van der Waals surface area (Å²) in [5.74, 6) is -1.03. The Morgan fingerprint density at radius 3 is 2.22 bits per heavy atom. The van der Waals surface area contributed by atoms with Gasteiger partial charge in [0.25, 0.3) is 5.91 Å². The van der Waals surface area contributed by atoms with E-state index in [0.717, 1.165) is 33.4 Å². The van der Waals surface area contributed by atoms with Crippen LogP contribution in [0.5, 0.6) is 0 Å². The second-order valence-electron chi connectivity index (χ2n) is 16.8. The molecule has 1 unspecified atom stereocenters. The minimum atomic E-state index is -1.33. The number of hydrogen-bond donors (Lipinski definition) is 4. The van der Waals surface area contributed by atoms with Crippen molar-refractivity contribution < 1.29 is 33.5 Å². The van der Waals surface area contributed by atoms with Gasteiger partial charge in [0.2, 0.25) is 35.4 Å². The number of anilines is 1. The molecule has 4 aliphatic heterocycles. The number of piperidine rings is 1. The summed E-state index contributed by atoms with van der Waals surface area (Å²) in [4.78, 5) is 86.5. The zero-order chi connectivity index (χ0) is 44.6. The summed E-state index contributed by atoms with van der Waals surface area (Å²) in [6.07, 6.45) is 3.21. The molecule has 14 heteroatoms. The van der Waals surface area contributed by atoms with E-state index in [2.05, 4.69) is 27.8 Å². The predicted octanol–water partition coefficient (Wildman–Crippen LogP) is 5.33. The lowest BCUT2D eigenvalue weighted by Crippen LogP contribution is -2.52. The highest BCUT2D eigenvalue weighted by Gasteiger charge is 2.57. The number of aliphatic imine (C=N–C) groups is 1. The van der Waals surface area contributed by atoms with Gasteiger partial charge < -0.3 is 30.5 Å². The smallest absolute Gasteiger partial charge is 0.256 e. The number of unbranched alkanes of at least 4 members (excludes halogenated alkanes) is 2. The number of nitrogens with one attached hydrogen (secondary N) is 4. The molecule has 64 heavy (non-hydrogen) atoms. The van der Waals surface area contributed by atoms with Crippen molar-refractivity contribution in [2.24, 2.45) is 4.99 Å². The van der Waals surface area contributed by atoms with Crippen LogP contribution in [0.2, 0.25) is 0 Å². The molecule has 0 spiro atoms. The summed E-state index contributed by atoms with van der Waals surface area (Å²) in [5, 5.41) is 11.3. The van der Waals surface area contributed by atoms with Crippen LogP contribution in [-0.4, -0.2) is 82.4 Å². The predicted molar refractivity (Wildman–Crippen MR) is 241 cm³/mol. The molecule has 3 atom stereocenters. The van der Waals surface area contributed by atoms with Gasteiger partial charge in [0.1, 0.15) is 6.04 Å². The highest BCUT2D eigenvalue weighted by atomic mass is 16.5. The van der Waals surface area contributed by atoms with E-state index in [-0.39, 0.29) is 61.4 Å². The lowest BCUT2D eigenvalue weighted by atomic mass is 9.81. The summed E-state index contributed by atoms with van der Waals surface area (Å²) in [5.41, 5.74) is 5.24. The van der Waals surface area contributed by atoms with E-state index in [1.165, 1.54) is 0 Å². The molecule has 0 aromatic heterocycles. The molecule has 4 N–H and O–H groups in total. The molecular formula is C50H53N7O7. The molecule has 14 nitrogen and oxygen atoms in total. The van der Waals surface area contributed by atoms with Crippen LogP contribution in [0, 0.1) is 0 Å². The number of nitrogens with zero attached hydrogens (tertiary/aromatic N) is 3. The Kier molecular flexibility index (Phi) is 13.3. The van der Waals surface area contributed by atoms with Crippen molar-refractivity contribution in [3.8, 4) is 0 Å². The molecule has 1 saturated heterocycles. The topological polar surface area (TPSA) is 179 Å². The number of imide groups is 1. The van der Waals surface area contributed by atoms with Crippen molar-refractivity contribution in [2.75, 3.05) is 25.0 Å². The van der Waals surface area contributed by atoms with E-state index in [9.17, 15) is 28.8 Å². The van der Waals surface area contributed by atoms with Gasteiger partial charge in [-0.1, -0.05) is 91.5 Å². The molecule has 0 radical (unpaired) electrons. The number of fused-ring (bicyclic) bond motifs is 4. The third-order valence-corrected chi connectivity index (χ3v) is 12.3. The molecule has 4 heterocycles. The molecule has 0 bridgehead atoms. The fourth-order valence-electron chi connectivity index (χ4n) is 9.05. The van der Waals surface area contributed by atoms with Crippen molar-refractivity contribution in [2.45, 2.75) is 88.6 Å². The number of amides is 6. The fraction of sp³-hybridized carbons (Fsp3) is 0.340. The maximum absolute atomic E-state index is 14.8. The average Bonchev–Trinajstić information content (AvgIpc) is 3.82. The molecule has 6 amide bonds. The number of carbonyl (C=O) groups excluding carboxylic acids is 6. The van der Waals surface area contributed by atoms with Crippen molar-refractivity contribution in [3.63, 3.8) is 0 Å². The van der Waals surface area contributed by atoms with Gasteiger partial charge in [0, 0.05) is 85.5 Å². The first-order valence-electron chi connectivity index (χ1n) is 22.1. The van der Waals surface area contributed by atoms with Gasteiger partial charge in [-0.2, -0.15) is 0 Å². The number of benzene rings is 4. The summed E-state index contributed by atoms with van der Waals surface area (Å²) < 4.78 is 6.61. The monoisotopic (exact) mass is 863 g/mol. The number of hydrogen-bond acceptors (Lipinski definition) is 9. The van der Waals surface area contributed by atoms with Gasteiger partial charge in [-0.3, -0.25) is 34.1 Å². The van der Waals surface area contributed by atoms with Gasteiger partial charge >= 0.3 is 0 Å². The third kappa shape index (κ3) is 9.60. The Morgan fingerprint density at radius 2 is 1.47 bits per heavy atom. The standard InChI is InChI=1S/C50H53N7O7/c1-33-37-21-14-22-40(39(37)31-57(33)41-25-26-44(60)54-47(41)62)53-43(59)24-11-13-27-51-42(58)23-10-12-28-52-45(61)32-56-30-36-19-8-9-20-38(36)46-50(49(56)63,29-34-15-4-2-5-16-34)55-48(64-46)35-17-6-3-7-18-35/h2-9,14-22,41,46H,1,10-13,23-32H2,(H,51,58)(H,52,61)(H,53,59)(H,54,60,62)/t41?,46-,50-/m0/s1.